The van der Waals surface area contributed by atoms with Gasteiger partial charge in [-0.3, -0.25) is 0 Å². The Morgan fingerprint density at radius 2 is 1.47 bits per heavy atom. The van der Waals surface area contributed by atoms with Crippen LogP contribution in [0.5, 0.6) is 0 Å². The highest BCUT2D eigenvalue weighted by Gasteiger charge is 2.49. The lowest BCUT2D eigenvalue weighted by Gasteiger charge is -2.43. The summed E-state index contributed by atoms with van der Waals surface area (Å²) in [7, 11) is -2.40. The highest BCUT2D eigenvalue weighted by Crippen LogP contribution is 2.42. The van der Waals surface area contributed by atoms with Gasteiger partial charge in [0, 0.05) is 18.9 Å². The molecule has 0 saturated carbocycles. The topological polar surface area (TPSA) is 29.5 Å². The summed E-state index contributed by atoms with van der Waals surface area (Å²) in [4.78, 5) is 0. The molecule has 3 heteroatoms. The van der Waals surface area contributed by atoms with Gasteiger partial charge in [0.15, 0.2) is 0 Å². The van der Waals surface area contributed by atoms with Gasteiger partial charge in [-0.05, 0) is 53.1 Å². The quantitative estimate of drug-likeness (QED) is 0.269. The van der Waals surface area contributed by atoms with E-state index in [0.29, 0.717) is 17.6 Å². The third-order valence-electron chi connectivity index (χ3n) is 7.23. The van der Waals surface area contributed by atoms with E-state index in [0.717, 1.165) is 19.4 Å². The van der Waals surface area contributed by atoms with Gasteiger partial charge in [-0.2, -0.15) is 0 Å². The molecule has 0 aliphatic heterocycles. The number of allylic oxidation sites excluding steroid dienone is 4. The molecule has 0 bridgehead atoms. The van der Waals surface area contributed by atoms with Crippen molar-refractivity contribution >= 4 is 18.7 Å². The molecule has 0 heterocycles. The Balaban J connectivity index is 1.38. The Morgan fingerprint density at radius 1 is 0.844 bits per heavy atom. The van der Waals surface area contributed by atoms with Crippen LogP contribution in [-0.4, -0.2) is 20.0 Å². The Kier molecular flexibility index (Phi) is 7.07. The lowest BCUT2D eigenvalue weighted by molar-refractivity contribution is 0.287. The minimum Gasteiger partial charge on any atom is -0.513 e. The van der Waals surface area contributed by atoms with E-state index < -0.39 is 8.32 Å². The molecule has 2 aliphatic rings. The number of hydrogen-bond donors (Lipinski definition) is 1. The number of hydrogen-bond acceptors (Lipinski definition) is 2. The molecule has 2 nitrogen and oxygen atoms in total. The highest BCUT2D eigenvalue weighted by molar-refractivity contribution is 6.99. The minimum atomic E-state index is -2.40. The summed E-state index contributed by atoms with van der Waals surface area (Å²) in [5.41, 5.74) is 1.59. The van der Waals surface area contributed by atoms with Crippen molar-refractivity contribution < 1.29 is 9.53 Å². The molecule has 0 radical (unpaired) electrons. The average Bonchev–Trinajstić information content (AvgIpc) is 3.30. The Bertz CT molecular complexity index is 901. The van der Waals surface area contributed by atoms with Crippen molar-refractivity contribution in [2.24, 2.45) is 11.8 Å². The maximum Gasteiger partial charge on any atom is 0.261 e. The first-order valence-corrected chi connectivity index (χ1v) is 14.2. The zero-order chi connectivity index (χ0) is 22.6. The van der Waals surface area contributed by atoms with E-state index in [2.05, 4.69) is 93.6 Å². The molecular formula is C29H38O2Si. The molecule has 170 valence electrons. The number of rotatable bonds is 9. The molecule has 0 aromatic heterocycles. The summed E-state index contributed by atoms with van der Waals surface area (Å²) >= 11 is 0. The van der Waals surface area contributed by atoms with E-state index in [1.165, 1.54) is 36.1 Å². The molecule has 2 aliphatic carbocycles. The largest absolute Gasteiger partial charge is 0.513 e. The zero-order valence-corrected chi connectivity index (χ0v) is 20.9. The predicted octanol–water partition coefficient (Wildman–Crippen LogP) is 6.53. The standard InChI is InChI=1S/C29H38O2Si/c1-29(2,3)32(27-14-8-4-9-15-27,28-16-10-5-11-17-28)31-18-12-6-7-13-23-19-24-21-26(30)22-25(24)20-23/h4-5,8-11,14-17,19,21,24-25,30H,6-7,12-13,18,20,22H2,1-3H3/t24-,25+/m0/s1. The van der Waals surface area contributed by atoms with Crippen molar-refractivity contribution in [1.82, 2.24) is 0 Å². The molecule has 0 unspecified atom stereocenters. The fraction of sp³-hybridized carbons (Fsp3) is 0.448. The third-order valence-corrected chi connectivity index (χ3v) is 12.3. The van der Waals surface area contributed by atoms with Gasteiger partial charge in [-0.25, -0.2) is 0 Å². The number of aliphatic hydroxyl groups is 1. The molecule has 2 aromatic rings. The van der Waals surface area contributed by atoms with Gasteiger partial charge in [0.25, 0.3) is 8.32 Å². The SMILES string of the molecule is CC(C)(C)[Si](OCCCCCC1=C[C@H]2C=C(O)C[C@H]2C1)(c1ccccc1)c1ccccc1. The summed E-state index contributed by atoms with van der Waals surface area (Å²) in [5, 5.41) is 12.5. The first kappa shape index (κ1) is 23.1. The van der Waals surface area contributed by atoms with Crippen LogP contribution in [0.3, 0.4) is 0 Å². The van der Waals surface area contributed by atoms with E-state index in [9.17, 15) is 5.11 Å². The molecule has 0 saturated heterocycles. The van der Waals surface area contributed by atoms with Crippen molar-refractivity contribution in [2.45, 2.75) is 64.3 Å². The van der Waals surface area contributed by atoms with Crippen LogP contribution in [0.4, 0.5) is 0 Å². The van der Waals surface area contributed by atoms with Crippen LogP contribution in [0.15, 0.2) is 84.1 Å². The molecule has 2 aromatic carbocycles. The second-order valence-corrected chi connectivity index (χ2v) is 14.9. The van der Waals surface area contributed by atoms with Crippen LogP contribution in [0.1, 0.15) is 59.3 Å². The molecular weight excluding hydrogens is 408 g/mol. The van der Waals surface area contributed by atoms with E-state index in [4.69, 9.17) is 4.43 Å². The Morgan fingerprint density at radius 3 is 2.03 bits per heavy atom. The predicted molar refractivity (Wildman–Crippen MR) is 137 cm³/mol. The summed E-state index contributed by atoms with van der Waals surface area (Å²) in [5.74, 6) is 1.71. The van der Waals surface area contributed by atoms with Crippen LogP contribution in [0, 0.1) is 11.8 Å². The smallest absolute Gasteiger partial charge is 0.261 e. The fourth-order valence-corrected chi connectivity index (χ4v) is 10.3. The fourth-order valence-electron chi connectivity index (χ4n) is 5.70. The van der Waals surface area contributed by atoms with Gasteiger partial charge in [-0.15, -0.1) is 0 Å². The second-order valence-electron chi connectivity index (χ2n) is 10.6. The van der Waals surface area contributed by atoms with Crippen LogP contribution < -0.4 is 10.4 Å². The van der Waals surface area contributed by atoms with Crippen LogP contribution in [-0.2, 0) is 4.43 Å². The first-order chi connectivity index (χ1) is 15.4. The monoisotopic (exact) mass is 446 g/mol. The molecule has 0 fully saturated rings. The van der Waals surface area contributed by atoms with E-state index in [-0.39, 0.29) is 5.04 Å². The number of fused-ring (bicyclic) bond motifs is 1. The molecule has 0 amide bonds. The van der Waals surface area contributed by atoms with Crippen molar-refractivity contribution in [3.63, 3.8) is 0 Å². The van der Waals surface area contributed by atoms with Gasteiger partial charge in [-0.1, -0.05) is 99.5 Å². The average molecular weight is 447 g/mol. The van der Waals surface area contributed by atoms with Gasteiger partial charge in [0.1, 0.15) is 0 Å². The Labute approximate surface area is 195 Å². The van der Waals surface area contributed by atoms with E-state index in [1.807, 2.05) is 0 Å². The number of unbranched alkanes of at least 4 members (excludes halogenated alkanes) is 2. The normalized spacial score (nSPS) is 20.7. The maximum atomic E-state index is 9.70. The molecule has 4 rings (SSSR count). The van der Waals surface area contributed by atoms with E-state index >= 15 is 0 Å². The lowest BCUT2D eigenvalue weighted by Crippen LogP contribution is -2.66. The molecule has 32 heavy (non-hydrogen) atoms. The molecule has 1 N–H and O–H groups in total. The molecule has 0 spiro atoms. The lowest BCUT2D eigenvalue weighted by atomic mass is 9.97. The summed E-state index contributed by atoms with van der Waals surface area (Å²) in [6, 6.07) is 21.8. The van der Waals surface area contributed by atoms with Crippen LogP contribution in [0.25, 0.3) is 0 Å². The van der Waals surface area contributed by atoms with Crippen LogP contribution >= 0.6 is 0 Å². The first-order valence-electron chi connectivity index (χ1n) is 12.2. The summed E-state index contributed by atoms with van der Waals surface area (Å²) in [6.45, 7) is 7.84. The Hall–Kier alpha value is -2.10. The van der Waals surface area contributed by atoms with Crippen molar-refractivity contribution in [1.29, 1.82) is 0 Å². The van der Waals surface area contributed by atoms with Crippen LogP contribution in [0.2, 0.25) is 5.04 Å². The summed E-state index contributed by atoms with van der Waals surface area (Å²) < 4.78 is 7.00. The third kappa shape index (κ3) is 4.79. The maximum absolute atomic E-state index is 9.70. The van der Waals surface area contributed by atoms with Crippen molar-refractivity contribution in [3.05, 3.63) is 84.1 Å². The van der Waals surface area contributed by atoms with Crippen molar-refractivity contribution in [3.8, 4) is 0 Å². The minimum absolute atomic E-state index is 0.0429. The highest BCUT2D eigenvalue weighted by atomic mass is 28.4. The zero-order valence-electron chi connectivity index (χ0n) is 19.9. The van der Waals surface area contributed by atoms with Gasteiger partial charge < -0.3 is 9.53 Å². The second kappa shape index (κ2) is 9.80. The number of aliphatic hydroxyl groups excluding tert-OH is 1. The van der Waals surface area contributed by atoms with E-state index in [1.54, 1.807) is 5.57 Å². The van der Waals surface area contributed by atoms with Gasteiger partial charge in [0.05, 0.1) is 5.76 Å². The van der Waals surface area contributed by atoms with Crippen molar-refractivity contribution in [2.75, 3.05) is 6.61 Å². The van der Waals surface area contributed by atoms with Gasteiger partial charge >= 0.3 is 0 Å². The number of benzene rings is 2. The molecule has 2 atom stereocenters. The summed E-state index contributed by atoms with van der Waals surface area (Å²) in [6.07, 6.45) is 11.2. The van der Waals surface area contributed by atoms with Gasteiger partial charge in [0.2, 0.25) is 0 Å².